The Labute approximate surface area is 125 Å². The van der Waals surface area contributed by atoms with Crippen molar-refractivity contribution in [2.75, 3.05) is 11.4 Å². The maximum Gasteiger partial charge on any atom is 0.172 e. The van der Waals surface area contributed by atoms with Gasteiger partial charge in [-0.05, 0) is 43.4 Å². The number of amidine groups is 1. The molecule has 3 N–H and O–H groups in total. The lowest BCUT2D eigenvalue weighted by molar-refractivity contribution is 0.297. The van der Waals surface area contributed by atoms with Gasteiger partial charge in [0.15, 0.2) is 5.84 Å². The summed E-state index contributed by atoms with van der Waals surface area (Å²) in [5, 5.41) is 12.8. The monoisotopic (exact) mass is 295 g/mol. The lowest BCUT2D eigenvalue weighted by Gasteiger charge is -2.43. The van der Waals surface area contributed by atoms with Gasteiger partial charge < -0.3 is 15.8 Å². The minimum Gasteiger partial charge on any atom is -0.409 e. The van der Waals surface area contributed by atoms with Crippen LogP contribution in [-0.4, -0.2) is 23.6 Å². The molecule has 4 nitrogen and oxygen atoms in total. The molecule has 3 atom stereocenters. The summed E-state index contributed by atoms with van der Waals surface area (Å²) < 4.78 is 0. The molecule has 0 radical (unpaired) electrons. The summed E-state index contributed by atoms with van der Waals surface area (Å²) >= 11 is 6.13. The summed E-state index contributed by atoms with van der Waals surface area (Å²) in [6.45, 7) is 7.69. The second-order valence-corrected chi connectivity index (χ2v) is 6.29. The molecule has 1 fully saturated rings. The van der Waals surface area contributed by atoms with Crippen molar-refractivity contribution < 1.29 is 5.21 Å². The van der Waals surface area contributed by atoms with Crippen LogP contribution in [-0.2, 0) is 0 Å². The number of benzene rings is 1. The fourth-order valence-electron chi connectivity index (χ4n) is 3.05. The van der Waals surface area contributed by atoms with Crippen LogP contribution in [0.2, 0.25) is 5.02 Å². The molecule has 3 unspecified atom stereocenters. The van der Waals surface area contributed by atoms with E-state index in [-0.39, 0.29) is 5.84 Å². The Bertz CT molecular complexity index is 518. The van der Waals surface area contributed by atoms with Gasteiger partial charge in [0.25, 0.3) is 0 Å². The molecule has 1 aliphatic heterocycles. The van der Waals surface area contributed by atoms with Gasteiger partial charge in [0.05, 0.1) is 0 Å². The highest BCUT2D eigenvalue weighted by atomic mass is 35.5. The quantitative estimate of drug-likeness (QED) is 0.381. The maximum absolute atomic E-state index is 8.96. The highest BCUT2D eigenvalue weighted by Gasteiger charge is 2.30. The van der Waals surface area contributed by atoms with Gasteiger partial charge in [-0.3, -0.25) is 0 Å². The minimum absolute atomic E-state index is 0.120. The summed E-state index contributed by atoms with van der Waals surface area (Å²) in [5.74, 6) is 1.33. The average Bonchev–Trinajstić information content (AvgIpc) is 2.42. The number of hydrogen-bond acceptors (Lipinski definition) is 3. The van der Waals surface area contributed by atoms with Gasteiger partial charge >= 0.3 is 0 Å². The number of nitrogens with two attached hydrogens (primary N) is 1. The van der Waals surface area contributed by atoms with Gasteiger partial charge in [-0.1, -0.05) is 30.6 Å². The first-order chi connectivity index (χ1) is 9.43. The van der Waals surface area contributed by atoms with E-state index in [1.165, 1.54) is 6.42 Å². The predicted octanol–water partition coefficient (Wildman–Crippen LogP) is 3.31. The van der Waals surface area contributed by atoms with Gasteiger partial charge in [0.1, 0.15) is 0 Å². The van der Waals surface area contributed by atoms with Gasteiger partial charge in [-0.25, -0.2) is 0 Å². The van der Waals surface area contributed by atoms with Crippen LogP contribution in [0.15, 0.2) is 23.4 Å². The molecule has 0 bridgehead atoms. The molecule has 0 spiro atoms. The molecule has 1 aromatic carbocycles. The van der Waals surface area contributed by atoms with E-state index in [0.717, 1.165) is 17.8 Å². The molecule has 1 heterocycles. The van der Waals surface area contributed by atoms with Crippen LogP contribution >= 0.6 is 11.6 Å². The summed E-state index contributed by atoms with van der Waals surface area (Å²) in [7, 11) is 0. The summed E-state index contributed by atoms with van der Waals surface area (Å²) in [6, 6.07) is 5.87. The van der Waals surface area contributed by atoms with E-state index in [2.05, 4.69) is 30.8 Å². The number of hydrogen-bond donors (Lipinski definition) is 2. The number of anilines is 1. The standard InChI is InChI=1S/C15H22ClN3O/c1-9-6-10(2)11(3)19(8-9)14-7-12(16)4-5-13(14)15(17)18-20/h4-5,7,9-11,20H,6,8H2,1-3H3,(H2,17,18). The Morgan fingerprint density at radius 2 is 2.10 bits per heavy atom. The zero-order valence-corrected chi connectivity index (χ0v) is 12.9. The summed E-state index contributed by atoms with van der Waals surface area (Å²) in [4.78, 5) is 2.32. The highest BCUT2D eigenvalue weighted by molar-refractivity contribution is 6.31. The van der Waals surface area contributed by atoms with Crippen molar-refractivity contribution in [3.8, 4) is 0 Å². The Balaban J connectivity index is 2.47. The molecule has 2 rings (SSSR count). The Hall–Kier alpha value is -1.42. The van der Waals surface area contributed by atoms with Gasteiger partial charge in [0.2, 0.25) is 0 Å². The van der Waals surface area contributed by atoms with E-state index >= 15 is 0 Å². The normalized spacial score (nSPS) is 27.7. The first-order valence-corrected chi connectivity index (χ1v) is 7.36. The first-order valence-electron chi connectivity index (χ1n) is 6.98. The maximum atomic E-state index is 8.96. The van der Waals surface area contributed by atoms with Crippen LogP contribution < -0.4 is 10.6 Å². The Morgan fingerprint density at radius 3 is 2.75 bits per heavy atom. The van der Waals surface area contributed by atoms with Crippen LogP contribution in [0, 0.1) is 11.8 Å². The van der Waals surface area contributed by atoms with E-state index in [1.807, 2.05) is 12.1 Å². The van der Waals surface area contributed by atoms with Crippen molar-refractivity contribution >= 4 is 23.1 Å². The number of rotatable bonds is 2. The SMILES string of the molecule is CC1CC(C)C(C)N(c2cc(Cl)ccc2/C(N)=N/O)C1. The Kier molecular flexibility index (Phi) is 4.43. The van der Waals surface area contributed by atoms with Crippen molar-refractivity contribution in [2.24, 2.45) is 22.7 Å². The molecule has 1 saturated heterocycles. The van der Waals surface area contributed by atoms with Crippen LogP contribution in [0.5, 0.6) is 0 Å². The molecular formula is C15H22ClN3O. The smallest absolute Gasteiger partial charge is 0.172 e. The Morgan fingerprint density at radius 1 is 1.40 bits per heavy atom. The van der Waals surface area contributed by atoms with Crippen molar-refractivity contribution in [3.05, 3.63) is 28.8 Å². The molecule has 5 heteroatoms. The molecule has 110 valence electrons. The molecule has 1 aromatic rings. The third-order valence-electron chi connectivity index (χ3n) is 4.25. The van der Waals surface area contributed by atoms with Crippen LogP contribution in [0.25, 0.3) is 0 Å². The van der Waals surface area contributed by atoms with E-state index < -0.39 is 0 Å². The molecule has 1 aliphatic rings. The van der Waals surface area contributed by atoms with Crippen molar-refractivity contribution in [1.29, 1.82) is 0 Å². The zero-order chi connectivity index (χ0) is 14.9. The highest BCUT2D eigenvalue weighted by Crippen LogP contribution is 2.34. The van der Waals surface area contributed by atoms with Crippen LogP contribution in [0.1, 0.15) is 32.8 Å². The summed E-state index contributed by atoms with van der Waals surface area (Å²) in [6.07, 6.45) is 1.22. The number of halogens is 1. The average molecular weight is 296 g/mol. The number of piperidine rings is 1. The van der Waals surface area contributed by atoms with Crippen molar-refractivity contribution in [1.82, 2.24) is 0 Å². The third-order valence-corrected chi connectivity index (χ3v) is 4.49. The van der Waals surface area contributed by atoms with Gasteiger partial charge in [-0.2, -0.15) is 0 Å². The van der Waals surface area contributed by atoms with Crippen LogP contribution in [0.3, 0.4) is 0 Å². The zero-order valence-electron chi connectivity index (χ0n) is 12.2. The fourth-order valence-corrected chi connectivity index (χ4v) is 3.21. The first kappa shape index (κ1) is 15.0. The van der Waals surface area contributed by atoms with Gasteiger partial charge in [-0.15, -0.1) is 0 Å². The second kappa shape index (κ2) is 5.92. The van der Waals surface area contributed by atoms with Crippen molar-refractivity contribution in [3.63, 3.8) is 0 Å². The molecular weight excluding hydrogens is 274 g/mol. The van der Waals surface area contributed by atoms with E-state index in [1.54, 1.807) is 6.07 Å². The van der Waals surface area contributed by atoms with E-state index in [9.17, 15) is 0 Å². The molecule has 0 aliphatic carbocycles. The molecule has 0 amide bonds. The minimum atomic E-state index is 0.120. The van der Waals surface area contributed by atoms with Gasteiger partial charge in [0, 0.05) is 28.9 Å². The lowest BCUT2D eigenvalue weighted by Crippen LogP contribution is -2.46. The molecule has 0 saturated carbocycles. The predicted molar refractivity (Wildman–Crippen MR) is 83.7 cm³/mol. The second-order valence-electron chi connectivity index (χ2n) is 5.86. The topological polar surface area (TPSA) is 61.8 Å². The van der Waals surface area contributed by atoms with Crippen molar-refractivity contribution in [2.45, 2.75) is 33.2 Å². The largest absolute Gasteiger partial charge is 0.409 e. The third kappa shape index (κ3) is 2.85. The summed E-state index contributed by atoms with van der Waals surface area (Å²) in [5.41, 5.74) is 7.47. The number of nitrogens with zero attached hydrogens (tertiary/aromatic N) is 2. The lowest BCUT2D eigenvalue weighted by atomic mass is 9.85. The molecule has 0 aromatic heterocycles. The molecule has 20 heavy (non-hydrogen) atoms. The van der Waals surface area contributed by atoms with E-state index in [4.69, 9.17) is 22.5 Å². The fraction of sp³-hybridized carbons (Fsp3) is 0.533. The van der Waals surface area contributed by atoms with Crippen LogP contribution in [0.4, 0.5) is 5.69 Å². The number of oxime groups is 1. The van der Waals surface area contributed by atoms with E-state index in [0.29, 0.717) is 22.9 Å².